The molecule has 3 N–H and O–H groups in total. The van der Waals surface area contributed by atoms with Crippen molar-refractivity contribution in [3.8, 4) is 6.07 Å². The van der Waals surface area contributed by atoms with Gasteiger partial charge in [-0.25, -0.2) is 0 Å². The highest BCUT2D eigenvalue weighted by Crippen LogP contribution is 2.24. The highest BCUT2D eigenvalue weighted by molar-refractivity contribution is 5.93. The summed E-state index contributed by atoms with van der Waals surface area (Å²) in [6.07, 6.45) is 1.24. The normalized spacial score (nSPS) is 12.1. The van der Waals surface area contributed by atoms with Crippen molar-refractivity contribution in [3.05, 3.63) is 36.0 Å². The summed E-state index contributed by atoms with van der Waals surface area (Å²) in [5, 5.41) is 25.7. The Labute approximate surface area is 118 Å². The Kier molecular flexibility index (Phi) is 4.88. The Bertz CT molecular complexity index is 619. The van der Waals surface area contributed by atoms with Gasteiger partial charge in [0.15, 0.2) is 0 Å². The minimum absolute atomic E-state index is 0.355. The molecular weight excluding hydrogens is 252 g/mol. The molecule has 1 aromatic carbocycles. The van der Waals surface area contributed by atoms with Crippen LogP contribution in [-0.4, -0.2) is 35.8 Å². The first-order valence-corrected chi connectivity index (χ1v) is 6.63. The fraction of sp³-hybridized carbons (Fsp3) is 0.333. The number of hydrogen-bond acceptors (Lipinski definition) is 5. The van der Waals surface area contributed by atoms with E-state index in [0.717, 1.165) is 16.6 Å². The van der Waals surface area contributed by atoms with E-state index in [1.807, 2.05) is 24.3 Å². The van der Waals surface area contributed by atoms with Crippen LogP contribution in [0.3, 0.4) is 0 Å². The molecule has 2 aromatic rings. The molecule has 0 saturated heterocycles. The number of benzene rings is 1. The molecule has 5 nitrogen and oxygen atoms in total. The van der Waals surface area contributed by atoms with Crippen molar-refractivity contribution in [2.75, 3.05) is 25.0 Å². The molecule has 1 heterocycles. The Morgan fingerprint density at radius 3 is 2.90 bits per heavy atom. The van der Waals surface area contributed by atoms with Crippen LogP contribution in [0.4, 0.5) is 5.69 Å². The first-order chi connectivity index (χ1) is 9.72. The van der Waals surface area contributed by atoms with Crippen molar-refractivity contribution < 1.29 is 5.11 Å². The number of fused-ring (bicyclic) bond motifs is 1. The number of aliphatic hydroxyl groups is 1. The van der Waals surface area contributed by atoms with Crippen LogP contribution in [0.15, 0.2) is 30.5 Å². The zero-order chi connectivity index (χ0) is 14.4. The van der Waals surface area contributed by atoms with E-state index in [-0.39, 0.29) is 6.10 Å². The molecule has 0 spiro atoms. The third kappa shape index (κ3) is 3.44. The SMILES string of the molecule is CC(O)CNCCNc1c(C#N)cnc2ccccc12. The van der Waals surface area contributed by atoms with Gasteiger partial charge in [-0.1, -0.05) is 18.2 Å². The lowest BCUT2D eigenvalue weighted by Gasteiger charge is -2.12. The fourth-order valence-corrected chi connectivity index (χ4v) is 2.00. The third-order valence-corrected chi connectivity index (χ3v) is 2.94. The van der Waals surface area contributed by atoms with Crippen LogP contribution in [0.1, 0.15) is 12.5 Å². The van der Waals surface area contributed by atoms with E-state index in [4.69, 9.17) is 5.11 Å². The second kappa shape index (κ2) is 6.85. The van der Waals surface area contributed by atoms with Crippen LogP contribution < -0.4 is 10.6 Å². The quantitative estimate of drug-likeness (QED) is 0.693. The number of nitrogens with one attached hydrogen (secondary N) is 2. The summed E-state index contributed by atoms with van der Waals surface area (Å²) < 4.78 is 0. The van der Waals surface area contributed by atoms with Crippen molar-refractivity contribution in [3.63, 3.8) is 0 Å². The Balaban J connectivity index is 2.10. The summed E-state index contributed by atoms with van der Waals surface area (Å²) in [4.78, 5) is 4.27. The van der Waals surface area contributed by atoms with Gasteiger partial charge < -0.3 is 15.7 Å². The third-order valence-electron chi connectivity index (χ3n) is 2.94. The minimum atomic E-state index is -0.355. The molecule has 1 atom stereocenters. The van der Waals surface area contributed by atoms with E-state index in [9.17, 15) is 5.26 Å². The van der Waals surface area contributed by atoms with Crippen LogP contribution in [0, 0.1) is 11.3 Å². The van der Waals surface area contributed by atoms with E-state index < -0.39 is 0 Å². The predicted molar refractivity (Wildman–Crippen MR) is 79.5 cm³/mol. The highest BCUT2D eigenvalue weighted by atomic mass is 16.3. The van der Waals surface area contributed by atoms with Crippen molar-refractivity contribution in [2.24, 2.45) is 0 Å². The molecule has 0 amide bonds. The van der Waals surface area contributed by atoms with E-state index in [1.165, 1.54) is 0 Å². The predicted octanol–water partition coefficient (Wildman–Crippen LogP) is 1.49. The summed E-state index contributed by atoms with van der Waals surface area (Å²) in [6.45, 7) is 3.69. The van der Waals surface area contributed by atoms with Gasteiger partial charge in [-0.3, -0.25) is 4.98 Å². The fourth-order valence-electron chi connectivity index (χ4n) is 2.00. The molecule has 0 aliphatic carbocycles. The molecule has 1 unspecified atom stereocenters. The minimum Gasteiger partial charge on any atom is -0.392 e. The Morgan fingerprint density at radius 2 is 2.15 bits per heavy atom. The van der Waals surface area contributed by atoms with Crippen LogP contribution in [0.5, 0.6) is 0 Å². The molecule has 104 valence electrons. The maximum Gasteiger partial charge on any atom is 0.103 e. The monoisotopic (exact) mass is 270 g/mol. The number of nitrogens with zero attached hydrogens (tertiary/aromatic N) is 2. The molecule has 2 rings (SSSR count). The van der Waals surface area contributed by atoms with Gasteiger partial charge in [-0.05, 0) is 13.0 Å². The number of rotatable bonds is 6. The smallest absolute Gasteiger partial charge is 0.103 e. The molecule has 0 saturated carbocycles. The van der Waals surface area contributed by atoms with Crippen molar-refractivity contribution in [1.29, 1.82) is 5.26 Å². The number of para-hydroxylation sites is 1. The Morgan fingerprint density at radius 1 is 1.35 bits per heavy atom. The molecule has 0 aliphatic heterocycles. The molecule has 5 heteroatoms. The highest BCUT2D eigenvalue weighted by Gasteiger charge is 2.07. The lowest BCUT2D eigenvalue weighted by Crippen LogP contribution is -2.29. The molecular formula is C15H18N4O. The molecule has 0 bridgehead atoms. The van der Waals surface area contributed by atoms with Crippen LogP contribution in [-0.2, 0) is 0 Å². The lowest BCUT2D eigenvalue weighted by atomic mass is 10.1. The van der Waals surface area contributed by atoms with Crippen LogP contribution in [0.2, 0.25) is 0 Å². The molecule has 1 aromatic heterocycles. The first-order valence-electron chi connectivity index (χ1n) is 6.63. The van der Waals surface area contributed by atoms with Crippen molar-refractivity contribution >= 4 is 16.6 Å². The summed E-state index contributed by atoms with van der Waals surface area (Å²) in [5.41, 5.74) is 2.22. The van der Waals surface area contributed by atoms with Crippen molar-refractivity contribution in [1.82, 2.24) is 10.3 Å². The number of anilines is 1. The second-order valence-electron chi connectivity index (χ2n) is 4.66. The number of aromatic nitrogens is 1. The summed E-state index contributed by atoms with van der Waals surface area (Å²) in [6, 6.07) is 9.90. The van der Waals surface area contributed by atoms with Gasteiger partial charge >= 0.3 is 0 Å². The average molecular weight is 270 g/mol. The molecule has 20 heavy (non-hydrogen) atoms. The van der Waals surface area contributed by atoms with Gasteiger partial charge in [0.05, 0.1) is 22.9 Å². The standard InChI is InChI=1S/C15H18N4O/c1-11(20)9-17-6-7-18-15-12(8-16)10-19-14-5-3-2-4-13(14)15/h2-5,10-11,17,20H,6-7,9H2,1H3,(H,18,19). The van der Waals surface area contributed by atoms with E-state index in [1.54, 1.807) is 13.1 Å². The molecule has 0 fully saturated rings. The van der Waals surface area contributed by atoms with Gasteiger partial charge in [0.25, 0.3) is 0 Å². The first kappa shape index (κ1) is 14.3. The Hall–Kier alpha value is -2.16. The summed E-state index contributed by atoms with van der Waals surface area (Å²) in [5.74, 6) is 0. The number of aliphatic hydroxyl groups excluding tert-OH is 1. The van der Waals surface area contributed by atoms with Gasteiger partial charge in [0.1, 0.15) is 6.07 Å². The van der Waals surface area contributed by atoms with E-state index in [0.29, 0.717) is 25.2 Å². The summed E-state index contributed by atoms with van der Waals surface area (Å²) >= 11 is 0. The van der Waals surface area contributed by atoms with Gasteiger partial charge in [0, 0.05) is 31.2 Å². The zero-order valence-corrected chi connectivity index (χ0v) is 11.4. The largest absolute Gasteiger partial charge is 0.392 e. The van der Waals surface area contributed by atoms with Crippen molar-refractivity contribution in [2.45, 2.75) is 13.0 Å². The maximum absolute atomic E-state index is 9.17. The van der Waals surface area contributed by atoms with Gasteiger partial charge in [-0.2, -0.15) is 5.26 Å². The van der Waals surface area contributed by atoms with Crippen LogP contribution >= 0.6 is 0 Å². The van der Waals surface area contributed by atoms with Gasteiger partial charge in [-0.15, -0.1) is 0 Å². The summed E-state index contributed by atoms with van der Waals surface area (Å²) in [7, 11) is 0. The van der Waals surface area contributed by atoms with Crippen LogP contribution in [0.25, 0.3) is 10.9 Å². The lowest BCUT2D eigenvalue weighted by molar-refractivity contribution is 0.192. The number of pyridine rings is 1. The topological polar surface area (TPSA) is 81.0 Å². The van der Waals surface area contributed by atoms with Gasteiger partial charge in [0.2, 0.25) is 0 Å². The second-order valence-corrected chi connectivity index (χ2v) is 4.66. The van der Waals surface area contributed by atoms with E-state index >= 15 is 0 Å². The molecule has 0 aliphatic rings. The number of nitriles is 1. The maximum atomic E-state index is 9.17. The zero-order valence-electron chi connectivity index (χ0n) is 11.4. The molecule has 0 radical (unpaired) electrons. The van der Waals surface area contributed by atoms with E-state index in [2.05, 4.69) is 21.7 Å². The average Bonchev–Trinajstić information content (AvgIpc) is 2.46. The number of hydrogen-bond donors (Lipinski definition) is 3.